The molecule has 0 aromatic heterocycles. The van der Waals surface area contributed by atoms with Gasteiger partial charge in [0, 0.05) is 19.0 Å². The van der Waals surface area contributed by atoms with Gasteiger partial charge < -0.3 is 11.1 Å². The van der Waals surface area contributed by atoms with E-state index in [2.05, 4.69) is 24.1 Å². The first-order chi connectivity index (χ1) is 8.17. The monoisotopic (exact) mass is 241 g/mol. The molecule has 1 aliphatic heterocycles. The van der Waals surface area contributed by atoms with Crippen molar-refractivity contribution in [2.24, 2.45) is 11.7 Å². The molecule has 1 saturated heterocycles. The second-order valence-electron chi connectivity index (χ2n) is 5.11. The summed E-state index contributed by atoms with van der Waals surface area (Å²) in [7, 11) is 0. The first-order valence-electron chi connectivity index (χ1n) is 6.88. The quantitative estimate of drug-likeness (QED) is 0.698. The lowest BCUT2D eigenvalue weighted by Crippen LogP contribution is -2.40. The zero-order chi connectivity index (χ0) is 12.7. The molecular weight excluding hydrogens is 214 g/mol. The van der Waals surface area contributed by atoms with Gasteiger partial charge in [-0.3, -0.25) is 9.69 Å². The molecule has 2 atom stereocenters. The highest BCUT2D eigenvalue weighted by atomic mass is 16.1. The molecule has 3 N–H and O–H groups in total. The van der Waals surface area contributed by atoms with Gasteiger partial charge in [-0.2, -0.15) is 0 Å². The van der Waals surface area contributed by atoms with Gasteiger partial charge >= 0.3 is 0 Å². The van der Waals surface area contributed by atoms with Gasteiger partial charge in [-0.05, 0) is 44.8 Å². The minimum atomic E-state index is 0.174. The molecule has 0 saturated carbocycles. The third kappa shape index (κ3) is 5.04. The number of carbonyl (C=O) groups excluding carboxylic acids is 1. The number of nitrogens with one attached hydrogen (secondary N) is 1. The number of nitrogens with two attached hydrogens (primary N) is 1. The summed E-state index contributed by atoms with van der Waals surface area (Å²) < 4.78 is 0. The molecule has 0 aliphatic carbocycles. The molecule has 1 aliphatic rings. The van der Waals surface area contributed by atoms with Gasteiger partial charge in [0.25, 0.3) is 0 Å². The third-order valence-electron chi connectivity index (χ3n) is 3.71. The van der Waals surface area contributed by atoms with Crippen molar-refractivity contribution >= 4 is 5.91 Å². The number of nitrogens with zero attached hydrogens (tertiary/aromatic N) is 1. The zero-order valence-electron chi connectivity index (χ0n) is 11.2. The van der Waals surface area contributed by atoms with Crippen molar-refractivity contribution in [3.05, 3.63) is 0 Å². The fourth-order valence-corrected chi connectivity index (χ4v) is 2.36. The maximum absolute atomic E-state index is 11.6. The minimum absolute atomic E-state index is 0.174. The number of rotatable bonds is 7. The van der Waals surface area contributed by atoms with Gasteiger partial charge in [0.05, 0.1) is 0 Å². The van der Waals surface area contributed by atoms with Crippen molar-refractivity contribution in [2.45, 2.75) is 45.6 Å². The maximum Gasteiger partial charge on any atom is 0.220 e. The number of carbonyl (C=O) groups is 1. The summed E-state index contributed by atoms with van der Waals surface area (Å²) in [6.07, 6.45) is 3.98. The van der Waals surface area contributed by atoms with Crippen molar-refractivity contribution in [1.82, 2.24) is 10.2 Å². The Morgan fingerprint density at radius 1 is 1.59 bits per heavy atom. The molecule has 2 unspecified atom stereocenters. The molecule has 100 valence electrons. The van der Waals surface area contributed by atoms with E-state index in [1.165, 1.54) is 19.4 Å². The van der Waals surface area contributed by atoms with Gasteiger partial charge in [0.2, 0.25) is 5.91 Å². The molecule has 0 bridgehead atoms. The fourth-order valence-electron chi connectivity index (χ4n) is 2.36. The van der Waals surface area contributed by atoms with Crippen LogP contribution in [0.15, 0.2) is 0 Å². The van der Waals surface area contributed by atoms with Crippen LogP contribution in [0.3, 0.4) is 0 Å². The Hall–Kier alpha value is -0.610. The minimum Gasteiger partial charge on any atom is -0.355 e. The van der Waals surface area contributed by atoms with Crippen LogP contribution in [0.5, 0.6) is 0 Å². The predicted molar refractivity (Wildman–Crippen MR) is 70.7 cm³/mol. The molecule has 4 nitrogen and oxygen atoms in total. The molecular formula is C13H27N3O. The average molecular weight is 241 g/mol. The lowest BCUT2D eigenvalue weighted by molar-refractivity contribution is -0.121. The fraction of sp³-hybridized carbons (Fsp3) is 0.923. The third-order valence-corrected chi connectivity index (χ3v) is 3.71. The van der Waals surface area contributed by atoms with E-state index >= 15 is 0 Å². The highest BCUT2D eigenvalue weighted by molar-refractivity contribution is 5.75. The highest BCUT2D eigenvalue weighted by Crippen LogP contribution is 2.15. The van der Waals surface area contributed by atoms with Crippen LogP contribution in [-0.4, -0.2) is 43.0 Å². The second kappa shape index (κ2) is 7.67. The van der Waals surface area contributed by atoms with E-state index in [-0.39, 0.29) is 5.91 Å². The molecule has 0 spiro atoms. The van der Waals surface area contributed by atoms with Crippen molar-refractivity contribution in [2.75, 3.05) is 26.2 Å². The van der Waals surface area contributed by atoms with Crippen molar-refractivity contribution in [1.29, 1.82) is 0 Å². The van der Waals surface area contributed by atoms with E-state index in [9.17, 15) is 4.79 Å². The summed E-state index contributed by atoms with van der Waals surface area (Å²) >= 11 is 0. The van der Waals surface area contributed by atoms with Crippen LogP contribution >= 0.6 is 0 Å². The molecule has 0 aromatic rings. The Balaban J connectivity index is 2.15. The first kappa shape index (κ1) is 14.5. The van der Waals surface area contributed by atoms with Gasteiger partial charge in [-0.25, -0.2) is 0 Å². The molecule has 17 heavy (non-hydrogen) atoms. The summed E-state index contributed by atoms with van der Waals surface area (Å²) in [5.41, 5.74) is 5.53. The largest absolute Gasteiger partial charge is 0.355 e. The lowest BCUT2D eigenvalue weighted by Gasteiger charge is -2.23. The van der Waals surface area contributed by atoms with E-state index in [0.717, 1.165) is 19.5 Å². The molecule has 1 fully saturated rings. The van der Waals surface area contributed by atoms with E-state index in [1.54, 1.807) is 0 Å². The van der Waals surface area contributed by atoms with E-state index in [1.807, 2.05) is 0 Å². The number of hydrogen-bond donors (Lipinski definition) is 2. The van der Waals surface area contributed by atoms with E-state index < -0.39 is 0 Å². The zero-order valence-corrected chi connectivity index (χ0v) is 11.2. The van der Waals surface area contributed by atoms with Crippen molar-refractivity contribution in [3.63, 3.8) is 0 Å². The summed E-state index contributed by atoms with van der Waals surface area (Å²) in [6.45, 7) is 8.02. The summed E-state index contributed by atoms with van der Waals surface area (Å²) in [6, 6.07) is 0.552. The van der Waals surface area contributed by atoms with Gasteiger partial charge in [-0.15, -0.1) is 0 Å². The van der Waals surface area contributed by atoms with Crippen LogP contribution in [0.25, 0.3) is 0 Å². The molecule has 4 heteroatoms. The number of amides is 1. The molecule has 0 aromatic carbocycles. The Kier molecular flexibility index (Phi) is 6.52. The van der Waals surface area contributed by atoms with Gasteiger partial charge in [-0.1, -0.05) is 13.8 Å². The molecule has 1 amide bonds. The predicted octanol–water partition coefficient (Wildman–Crippen LogP) is 0.962. The Labute approximate surface area is 105 Å². The van der Waals surface area contributed by atoms with Crippen LogP contribution < -0.4 is 11.1 Å². The van der Waals surface area contributed by atoms with E-state index in [0.29, 0.717) is 24.9 Å². The smallest absolute Gasteiger partial charge is 0.220 e. The second-order valence-corrected chi connectivity index (χ2v) is 5.11. The number of likely N-dealkylation sites (tertiary alicyclic amines) is 1. The lowest BCUT2D eigenvalue weighted by atomic mass is 10.1. The highest BCUT2D eigenvalue weighted by Gasteiger charge is 2.22. The van der Waals surface area contributed by atoms with Crippen LogP contribution in [0, 0.1) is 5.92 Å². The van der Waals surface area contributed by atoms with Crippen LogP contribution in [0.1, 0.15) is 39.5 Å². The average Bonchev–Trinajstić information content (AvgIpc) is 2.80. The number of hydrogen-bond acceptors (Lipinski definition) is 3. The summed E-state index contributed by atoms with van der Waals surface area (Å²) in [4.78, 5) is 14.1. The standard InChI is InChI=1S/C13H27N3O/c1-3-16-8-4-5-12(16)10-15-13(17)7-6-11(2)9-14/h11-12H,3-10,14H2,1-2H3,(H,15,17). The summed E-state index contributed by atoms with van der Waals surface area (Å²) in [5, 5.41) is 3.05. The van der Waals surface area contributed by atoms with Gasteiger partial charge in [0.1, 0.15) is 0 Å². The van der Waals surface area contributed by atoms with Crippen LogP contribution in [-0.2, 0) is 4.79 Å². The number of likely N-dealkylation sites (N-methyl/N-ethyl adjacent to an activating group) is 1. The Morgan fingerprint density at radius 3 is 3.00 bits per heavy atom. The van der Waals surface area contributed by atoms with Crippen molar-refractivity contribution < 1.29 is 4.79 Å². The van der Waals surface area contributed by atoms with Crippen molar-refractivity contribution in [3.8, 4) is 0 Å². The van der Waals surface area contributed by atoms with E-state index in [4.69, 9.17) is 5.73 Å². The Morgan fingerprint density at radius 2 is 2.35 bits per heavy atom. The molecule has 0 radical (unpaired) electrons. The Bertz CT molecular complexity index is 233. The van der Waals surface area contributed by atoms with Crippen LogP contribution in [0.4, 0.5) is 0 Å². The SMILES string of the molecule is CCN1CCCC1CNC(=O)CCC(C)CN. The first-order valence-corrected chi connectivity index (χ1v) is 6.88. The normalized spacial score (nSPS) is 22.6. The molecule has 1 heterocycles. The maximum atomic E-state index is 11.6. The van der Waals surface area contributed by atoms with Gasteiger partial charge in [0.15, 0.2) is 0 Å². The summed E-state index contributed by atoms with van der Waals surface area (Å²) in [5.74, 6) is 0.618. The topological polar surface area (TPSA) is 58.4 Å². The molecule has 1 rings (SSSR count). The van der Waals surface area contributed by atoms with Crippen LogP contribution in [0.2, 0.25) is 0 Å².